The molecule has 15 heavy (non-hydrogen) atoms. The van der Waals surface area contributed by atoms with Crippen LogP contribution >= 0.6 is 0 Å². The summed E-state index contributed by atoms with van der Waals surface area (Å²) in [5.74, 6) is -2.19. The van der Waals surface area contributed by atoms with Crippen molar-refractivity contribution in [1.82, 2.24) is 5.32 Å². The number of nitrogens with one attached hydrogen (secondary N) is 1. The van der Waals surface area contributed by atoms with E-state index in [0.717, 1.165) is 0 Å². The first kappa shape index (κ1) is 12.3. The lowest BCUT2D eigenvalue weighted by Crippen LogP contribution is -2.42. The van der Waals surface area contributed by atoms with E-state index in [4.69, 9.17) is 5.11 Å². The van der Waals surface area contributed by atoms with Crippen LogP contribution in [0, 0.1) is 0 Å². The van der Waals surface area contributed by atoms with Crippen LogP contribution < -0.4 is 5.32 Å². The maximum absolute atomic E-state index is 12.0. The third kappa shape index (κ3) is 3.07. The van der Waals surface area contributed by atoms with Crippen LogP contribution in [0.15, 0.2) is 0 Å². The van der Waals surface area contributed by atoms with Crippen molar-refractivity contribution in [2.45, 2.75) is 24.6 Å². The Hall–Kier alpha value is -0.820. The Balaban J connectivity index is 2.63. The van der Waals surface area contributed by atoms with E-state index in [0.29, 0.717) is 6.54 Å². The third-order valence-electron chi connectivity index (χ3n) is 2.31. The van der Waals surface area contributed by atoms with Crippen molar-refractivity contribution < 1.29 is 27.8 Å². The Morgan fingerprint density at radius 2 is 2.20 bits per heavy atom. The quantitative estimate of drug-likeness (QED) is 0.676. The standard InChI is InChI=1S/C8H12F3NO3/c9-8(10,11)6(14)15-7(2-4-13)1-3-12-5-7/h12-13H,1-5H2. The number of hydrogen-bond acceptors (Lipinski definition) is 4. The van der Waals surface area contributed by atoms with Gasteiger partial charge in [0.25, 0.3) is 0 Å². The molecule has 4 nitrogen and oxygen atoms in total. The highest BCUT2D eigenvalue weighted by Crippen LogP contribution is 2.28. The first-order chi connectivity index (χ1) is 6.90. The van der Waals surface area contributed by atoms with Gasteiger partial charge >= 0.3 is 12.1 Å². The second kappa shape index (κ2) is 4.36. The molecule has 0 aromatic rings. The summed E-state index contributed by atoms with van der Waals surface area (Å²) >= 11 is 0. The van der Waals surface area contributed by atoms with Crippen molar-refractivity contribution in [3.63, 3.8) is 0 Å². The zero-order chi connectivity index (χ0) is 11.5. The minimum absolute atomic E-state index is 0.0157. The number of carbonyl (C=O) groups is 1. The molecule has 0 aliphatic carbocycles. The first-order valence-electron chi connectivity index (χ1n) is 4.51. The van der Waals surface area contributed by atoms with Crippen LogP contribution in [0.1, 0.15) is 12.8 Å². The molecule has 0 amide bonds. The van der Waals surface area contributed by atoms with Crippen LogP contribution in [-0.4, -0.2) is 42.5 Å². The molecule has 88 valence electrons. The Morgan fingerprint density at radius 1 is 1.53 bits per heavy atom. The Morgan fingerprint density at radius 3 is 2.60 bits per heavy atom. The van der Waals surface area contributed by atoms with Crippen molar-refractivity contribution in [2.75, 3.05) is 19.7 Å². The lowest BCUT2D eigenvalue weighted by molar-refractivity contribution is -0.213. The first-order valence-corrected chi connectivity index (χ1v) is 4.51. The molecular formula is C8H12F3NO3. The maximum atomic E-state index is 12.0. The van der Waals surface area contributed by atoms with Crippen molar-refractivity contribution >= 4 is 5.97 Å². The molecule has 1 aliphatic rings. The van der Waals surface area contributed by atoms with E-state index in [2.05, 4.69) is 10.1 Å². The van der Waals surface area contributed by atoms with Gasteiger partial charge in [0.2, 0.25) is 0 Å². The SMILES string of the molecule is O=C(OC1(CCO)CCNC1)C(F)(F)F. The van der Waals surface area contributed by atoms with E-state index in [1.807, 2.05) is 0 Å². The van der Waals surface area contributed by atoms with E-state index in [-0.39, 0.29) is 26.0 Å². The summed E-state index contributed by atoms with van der Waals surface area (Å²) in [6.45, 7) is 0.313. The van der Waals surface area contributed by atoms with Crippen LogP contribution in [0.3, 0.4) is 0 Å². The van der Waals surface area contributed by atoms with Gasteiger partial charge in [-0.3, -0.25) is 0 Å². The van der Waals surface area contributed by atoms with Gasteiger partial charge in [0.05, 0.1) is 0 Å². The molecule has 0 saturated carbocycles. The largest absolute Gasteiger partial charge is 0.490 e. The van der Waals surface area contributed by atoms with Gasteiger partial charge in [-0.15, -0.1) is 0 Å². The summed E-state index contributed by atoms with van der Waals surface area (Å²) in [7, 11) is 0. The fourth-order valence-corrected chi connectivity index (χ4v) is 1.53. The predicted molar refractivity (Wildman–Crippen MR) is 44.1 cm³/mol. The summed E-state index contributed by atoms with van der Waals surface area (Å²) in [5, 5.41) is 11.5. The molecule has 0 bridgehead atoms. The van der Waals surface area contributed by atoms with Crippen LogP contribution in [0.2, 0.25) is 0 Å². The summed E-state index contributed by atoms with van der Waals surface area (Å²) in [5.41, 5.74) is -1.21. The Kier molecular flexibility index (Phi) is 3.56. The highest BCUT2D eigenvalue weighted by atomic mass is 19.4. The van der Waals surface area contributed by atoms with Gasteiger partial charge in [-0.25, -0.2) is 4.79 Å². The lowest BCUT2D eigenvalue weighted by Gasteiger charge is -2.27. The average molecular weight is 227 g/mol. The maximum Gasteiger partial charge on any atom is 0.490 e. The fraction of sp³-hybridized carbons (Fsp3) is 0.875. The predicted octanol–water partition coefficient (Wildman–Crippen LogP) is 0.206. The number of ether oxygens (including phenoxy) is 1. The summed E-state index contributed by atoms with van der Waals surface area (Å²) in [6, 6.07) is 0. The van der Waals surface area contributed by atoms with E-state index in [1.54, 1.807) is 0 Å². The number of rotatable bonds is 3. The van der Waals surface area contributed by atoms with Crippen molar-refractivity contribution in [1.29, 1.82) is 0 Å². The molecule has 1 heterocycles. The summed E-state index contributed by atoms with van der Waals surface area (Å²) < 4.78 is 40.3. The Bertz CT molecular complexity index is 236. The molecule has 7 heteroatoms. The minimum Gasteiger partial charge on any atom is -0.451 e. The molecule has 1 fully saturated rings. The molecule has 1 rings (SSSR count). The topological polar surface area (TPSA) is 58.6 Å². The Labute approximate surface area is 84.4 Å². The van der Waals surface area contributed by atoms with E-state index >= 15 is 0 Å². The van der Waals surface area contributed by atoms with E-state index in [1.165, 1.54) is 0 Å². The van der Waals surface area contributed by atoms with E-state index < -0.39 is 17.7 Å². The van der Waals surface area contributed by atoms with Gasteiger partial charge in [0, 0.05) is 26.0 Å². The van der Waals surface area contributed by atoms with Crippen LogP contribution in [0.4, 0.5) is 13.2 Å². The molecular weight excluding hydrogens is 215 g/mol. The van der Waals surface area contributed by atoms with Gasteiger partial charge in [-0.05, 0) is 6.54 Å². The normalized spacial score (nSPS) is 26.7. The zero-order valence-corrected chi connectivity index (χ0v) is 7.93. The number of halogens is 3. The molecule has 2 N–H and O–H groups in total. The number of alkyl halides is 3. The van der Waals surface area contributed by atoms with Crippen LogP contribution in [0.25, 0.3) is 0 Å². The number of hydrogen-bond donors (Lipinski definition) is 2. The van der Waals surface area contributed by atoms with Gasteiger partial charge in [0.15, 0.2) is 0 Å². The molecule has 0 radical (unpaired) electrons. The lowest BCUT2D eigenvalue weighted by atomic mass is 9.99. The van der Waals surface area contributed by atoms with E-state index in [9.17, 15) is 18.0 Å². The highest BCUT2D eigenvalue weighted by molar-refractivity contribution is 5.76. The molecule has 0 aromatic carbocycles. The van der Waals surface area contributed by atoms with Gasteiger partial charge in [0.1, 0.15) is 5.60 Å². The molecule has 0 aromatic heterocycles. The fourth-order valence-electron chi connectivity index (χ4n) is 1.53. The van der Waals surface area contributed by atoms with Gasteiger partial charge in [-0.2, -0.15) is 13.2 Å². The molecule has 1 saturated heterocycles. The number of aliphatic hydroxyl groups is 1. The van der Waals surface area contributed by atoms with Gasteiger partial charge in [-0.1, -0.05) is 0 Å². The molecule has 1 unspecified atom stereocenters. The molecule has 1 aliphatic heterocycles. The van der Waals surface area contributed by atoms with Crippen LogP contribution in [0.5, 0.6) is 0 Å². The average Bonchev–Trinajstić information content (AvgIpc) is 2.52. The molecule has 0 spiro atoms. The minimum atomic E-state index is -4.98. The zero-order valence-electron chi connectivity index (χ0n) is 7.93. The number of carbonyl (C=O) groups excluding carboxylic acids is 1. The van der Waals surface area contributed by atoms with Crippen molar-refractivity contribution in [2.24, 2.45) is 0 Å². The monoisotopic (exact) mass is 227 g/mol. The smallest absolute Gasteiger partial charge is 0.451 e. The van der Waals surface area contributed by atoms with Crippen molar-refractivity contribution in [3.8, 4) is 0 Å². The van der Waals surface area contributed by atoms with Crippen molar-refractivity contribution in [3.05, 3.63) is 0 Å². The van der Waals surface area contributed by atoms with Crippen LogP contribution in [-0.2, 0) is 9.53 Å². The van der Waals surface area contributed by atoms with Gasteiger partial charge < -0.3 is 15.2 Å². The highest BCUT2D eigenvalue weighted by Gasteiger charge is 2.47. The molecule has 1 atom stereocenters. The second-order valence-corrected chi connectivity index (χ2v) is 3.47. The second-order valence-electron chi connectivity index (χ2n) is 3.47. The number of aliphatic hydroxyl groups excluding tert-OH is 1. The summed E-state index contributed by atoms with van der Waals surface area (Å²) in [4.78, 5) is 10.6. The summed E-state index contributed by atoms with van der Waals surface area (Å²) in [6.07, 6.45) is -4.68. The third-order valence-corrected chi connectivity index (χ3v) is 2.31. The number of esters is 1.